The Morgan fingerprint density at radius 2 is 2.05 bits per heavy atom. The molecule has 1 heterocycles. The summed E-state index contributed by atoms with van der Waals surface area (Å²) in [6.45, 7) is 0. The predicted octanol–water partition coefficient (Wildman–Crippen LogP) is 3.04. The third-order valence-corrected chi connectivity index (χ3v) is 4.96. The molecule has 0 saturated heterocycles. The zero-order valence-corrected chi connectivity index (χ0v) is 12.0. The standard InChI is InChI=1S/C11H7ClFNO4S2/c12-6-1-2-8(7(13)5-6)14-20(17,18)9-3-4-19-10(9)11(15)16/h1-5,14H,(H,15,16). The molecule has 0 saturated carbocycles. The van der Waals surface area contributed by atoms with Crippen molar-refractivity contribution in [2.24, 2.45) is 0 Å². The number of carboxylic acids is 1. The summed E-state index contributed by atoms with van der Waals surface area (Å²) in [6, 6.07) is 4.56. The predicted molar refractivity (Wildman–Crippen MR) is 73.5 cm³/mol. The number of benzene rings is 1. The molecule has 0 amide bonds. The van der Waals surface area contributed by atoms with Crippen LogP contribution in [0.2, 0.25) is 5.02 Å². The van der Waals surface area contributed by atoms with E-state index >= 15 is 0 Å². The van der Waals surface area contributed by atoms with Gasteiger partial charge in [-0.15, -0.1) is 11.3 Å². The van der Waals surface area contributed by atoms with E-state index in [1.165, 1.54) is 11.4 Å². The molecule has 0 radical (unpaired) electrons. The Kier molecular flexibility index (Phi) is 3.98. The Morgan fingerprint density at radius 1 is 1.35 bits per heavy atom. The molecular formula is C11H7ClFNO4S2. The van der Waals surface area contributed by atoms with Gasteiger partial charge in [-0.2, -0.15) is 0 Å². The molecule has 106 valence electrons. The fourth-order valence-electron chi connectivity index (χ4n) is 1.44. The van der Waals surface area contributed by atoms with Gasteiger partial charge in [-0.3, -0.25) is 4.72 Å². The van der Waals surface area contributed by atoms with E-state index in [0.717, 1.165) is 29.5 Å². The molecule has 0 aliphatic rings. The third kappa shape index (κ3) is 2.92. The first-order chi connectivity index (χ1) is 9.31. The van der Waals surface area contributed by atoms with Crippen LogP contribution < -0.4 is 4.72 Å². The minimum Gasteiger partial charge on any atom is -0.477 e. The Labute approximate surface area is 122 Å². The number of thiophene rings is 1. The lowest BCUT2D eigenvalue weighted by atomic mass is 10.3. The molecule has 0 fully saturated rings. The number of carbonyl (C=O) groups is 1. The van der Waals surface area contributed by atoms with Crippen molar-refractivity contribution >= 4 is 44.6 Å². The van der Waals surface area contributed by atoms with Gasteiger partial charge in [0.15, 0.2) is 0 Å². The minimum absolute atomic E-state index is 0.118. The topological polar surface area (TPSA) is 83.5 Å². The number of halogens is 2. The van der Waals surface area contributed by atoms with Crippen molar-refractivity contribution in [3.8, 4) is 0 Å². The van der Waals surface area contributed by atoms with Crippen LogP contribution in [-0.2, 0) is 10.0 Å². The van der Waals surface area contributed by atoms with Crippen LogP contribution in [0.25, 0.3) is 0 Å². The number of nitrogens with one attached hydrogen (secondary N) is 1. The fraction of sp³-hybridized carbons (Fsp3) is 0. The van der Waals surface area contributed by atoms with Crippen LogP contribution in [0.1, 0.15) is 9.67 Å². The summed E-state index contributed by atoms with van der Waals surface area (Å²) in [6.07, 6.45) is 0. The molecule has 2 N–H and O–H groups in total. The number of rotatable bonds is 4. The van der Waals surface area contributed by atoms with E-state index in [0.29, 0.717) is 0 Å². The van der Waals surface area contributed by atoms with E-state index in [9.17, 15) is 17.6 Å². The average Bonchev–Trinajstić information content (AvgIpc) is 2.82. The maximum absolute atomic E-state index is 13.6. The summed E-state index contributed by atoms with van der Waals surface area (Å²) in [5, 5.41) is 10.3. The molecule has 2 rings (SSSR count). The van der Waals surface area contributed by atoms with Gasteiger partial charge in [-0.25, -0.2) is 17.6 Å². The maximum Gasteiger partial charge on any atom is 0.347 e. The van der Waals surface area contributed by atoms with Gasteiger partial charge in [-0.1, -0.05) is 11.6 Å². The highest BCUT2D eigenvalue weighted by Crippen LogP contribution is 2.26. The molecule has 0 atom stereocenters. The molecule has 0 spiro atoms. The van der Waals surface area contributed by atoms with Gasteiger partial charge < -0.3 is 5.11 Å². The SMILES string of the molecule is O=C(O)c1sccc1S(=O)(=O)Nc1ccc(Cl)cc1F. The van der Waals surface area contributed by atoms with E-state index in [4.69, 9.17) is 16.7 Å². The monoisotopic (exact) mass is 335 g/mol. The zero-order chi connectivity index (χ0) is 14.9. The second kappa shape index (κ2) is 5.39. The van der Waals surface area contributed by atoms with Gasteiger partial charge in [-0.05, 0) is 29.6 Å². The molecule has 20 heavy (non-hydrogen) atoms. The van der Waals surface area contributed by atoms with E-state index < -0.39 is 26.7 Å². The van der Waals surface area contributed by atoms with Crippen LogP contribution in [-0.4, -0.2) is 19.5 Å². The number of carboxylic acid groups (broad SMARTS) is 1. The largest absolute Gasteiger partial charge is 0.477 e. The lowest BCUT2D eigenvalue weighted by molar-refractivity contribution is 0.0698. The Bertz CT molecular complexity index is 772. The molecule has 2 aromatic rings. The van der Waals surface area contributed by atoms with Crippen molar-refractivity contribution in [1.82, 2.24) is 0 Å². The van der Waals surface area contributed by atoms with Gasteiger partial charge in [0.05, 0.1) is 5.69 Å². The maximum atomic E-state index is 13.6. The minimum atomic E-state index is -4.18. The molecule has 9 heteroatoms. The molecule has 0 aliphatic heterocycles. The Morgan fingerprint density at radius 3 is 2.65 bits per heavy atom. The third-order valence-electron chi connectivity index (χ3n) is 2.29. The lowest BCUT2D eigenvalue weighted by Gasteiger charge is -2.08. The quantitative estimate of drug-likeness (QED) is 0.899. The summed E-state index contributed by atoms with van der Waals surface area (Å²) in [7, 11) is -4.18. The van der Waals surface area contributed by atoms with Gasteiger partial charge in [0, 0.05) is 5.02 Å². The van der Waals surface area contributed by atoms with Gasteiger partial charge >= 0.3 is 5.97 Å². The normalized spacial score (nSPS) is 11.3. The van der Waals surface area contributed by atoms with Crippen LogP contribution in [0.3, 0.4) is 0 Å². The van der Waals surface area contributed by atoms with Crippen molar-refractivity contribution < 1.29 is 22.7 Å². The molecule has 5 nitrogen and oxygen atoms in total. The van der Waals surface area contributed by atoms with E-state index in [1.807, 2.05) is 4.72 Å². The molecule has 1 aromatic carbocycles. The van der Waals surface area contributed by atoms with Crippen LogP contribution in [0.4, 0.5) is 10.1 Å². The van der Waals surface area contributed by atoms with Crippen LogP contribution in [0.15, 0.2) is 34.5 Å². The smallest absolute Gasteiger partial charge is 0.347 e. The summed E-state index contributed by atoms with van der Waals surface area (Å²) in [4.78, 5) is 10.2. The lowest BCUT2D eigenvalue weighted by Crippen LogP contribution is -2.16. The number of hydrogen-bond acceptors (Lipinski definition) is 4. The molecule has 0 aliphatic carbocycles. The second-order valence-corrected chi connectivity index (χ2v) is 6.65. The van der Waals surface area contributed by atoms with Crippen molar-refractivity contribution in [3.05, 3.63) is 45.4 Å². The first-order valence-corrected chi connectivity index (χ1v) is 7.84. The number of aromatic carboxylic acids is 1. The van der Waals surface area contributed by atoms with Crippen molar-refractivity contribution in [2.45, 2.75) is 4.90 Å². The number of anilines is 1. The summed E-state index contributed by atoms with van der Waals surface area (Å²) in [5.41, 5.74) is -0.308. The highest BCUT2D eigenvalue weighted by molar-refractivity contribution is 7.93. The van der Waals surface area contributed by atoms with Crippen molar-refractivity contribution in [3.63, 3.8) is 0 Å². The first-order valence-electron chi connectivity index (χ1n) is 5.10. The molecular weight excluding hydrogens is 329 g/mol. The van der Waals surface area contributed by atoms with E-state index in [1.54, 1.807) is 0 Å². The van der Waals surface area contributed by atoms with Crippen LogP contribution in [0, 0.1) is 5.82 Å². The number of sulfonamides is 1. The highest BCUT2D eigenvalue weighted by atomic mass is 35.5. The Hall–Kier alpha value is -1.64. The van der Waals surface area contributed by atoms with Crippen LogP contribution in [0.5, 0.6) is 0 Å². The van der Waals surface area contributed by atoms with E-state index in [-0.39, 0.29) is 15.6 Å². The average molecular weight is 336 g/mol. The van der Waals surface area contributed by atoms with Crippen molar-refractivity contribution in [2.75, 3.05) is 4.72 Å². The Balaban J connectivity index is 2.41. The van der Waals surface area contributed by atoms with Crippen molar-refractivity contribution in [1.29, 1.82) is 0 Å². The zero-order valence-electron chi connectivity index (χ0n) is 9.63. The highest BCUT2D eigenvalue weighted by Gasteiger charge is 2.24. The molecule has 0 unspecified atom stereocenters. The van der Waals surface area contributed by atoms with Gasteiger partial charge in [0.1, 0.15) is 15.6 Å². The van der Waals surface area contributed by atoms with Crippen LogP contribution >= 0.6 is 22.9 Å². The second-order valence-electron chi connectivity index (χ2n) is 3.65. The van der Waals surface area contributed by atoms with Gasteiger partial charge in [0.25, 0.3) is 10.0 Å². The summed E-state index contributed by atoms with van der Waals surface area (Å²) >= 11 is 6.33. The van der Waals surface area contributed by atoms with E-state index in [2.05, 4.69) is 0 Å². The first kappa shape index (κ1) is 14.8. The fourth-order valence-corrected chi connectivity index (χ4v) is 3.92. The molecule has 0 bridgehead atoms. The molecule has 1 aromatic heterocycles. The van der Waals surface area contributed by atoms with Gasteiger partial charge in [0.2, 0.25) is 0 Å². The summed E-state index contributed by atoms with van der Waals surface area (Å²) < 4.78 is 39.7. The summed E-state index contributed by atoms with van der Waals surface area (Å²) in [5.74, 6) is -2.22. The number of hydrogen-bond donors (Lipinski definition) is 2.